The van der Waals surface area contributed by atoms with Gasteiger partial charge in [-0.05, 0) is 74.7 Å². The summed E-state index contributed by atoms with van der Waals surface area (Å²) in [6.45, 7) is 3.76. The van der Waals surface area contributed by atoms with E-state index in [1.807, 2.05) is 43.3 Å². The van der Waals surface area contributed by atoms with E-state index in [1.54, 1.807) is 7.11 Å². The molecule has 3 rings (SSSR count). The average molecular weight is 383 g/mol. The molecule has 0 radical (unpaired) electrons. The largest absolute Gasteiger partial charge is 0.497 e. The predicted molar refractivity (Wildman–Crippen MR) is 111 cm³/mol. The molecular formula is C23H30N2O3. The zero-order valence-electron chi connectivity index (χ0n) is 17.0. The van der Waals surface area contributed by atoms with Gasteiger partial charge >= 0.3 is 0 Å². The first-order valence-corrected chi connectivity index (χ1v) is 9.87. The highest BCUT2D eigenvalue weighted by atomic mass is 16.5. The summed E-state index contributed by atoms with van der Waals surface area (Å²) in [5.41, 5.74) is 2.38. The highest BCUT2D eigenvalue weighted by Gasteiger charge is 2.30. The van der Waals surface area contributed by atoms with Crippen molar-refractivity contribution >= 4 is 5.91 Å². The Labute approximate surface area is 167 Å². The zero-order chi connectivity index (χ0) is 19.9. The van der Waals surface area contributed by atoms with Crippen molar-refractivity contribution in [3.63, 3.8) is 0 Å². The Bertz CT molecular complexity index is 776. The number of likely N-dealkylation sites (tertiary alicyclic amines) is 1. The molecule has 2 aromatic rings. The summed E-state index contributed by atoms with van der Waals surface area (Å²) in [5.74, 6) is 1.88. The van der Waals surface area contributed by atoms with E-state index in [0.717, 1.165) is 36.4 Å². The maximum Gasteiger partial charge on any atom is 0.257 e. The van der Waals surface area contributed by atoms with Gasteiger partial charge in [0, 0.05) is 12.6 Å². The number of rotatable bonds is 7. The lowest BCUT2D eigenvalue weighted by atomic mass is 9.85. The van der Waals surface area contributed by atoms with E-state index in [9.17, 15) is 4.79 Å². The molecule has 2 unspecified atom stereocenters. The van der Waals surface area contributed by atoms with E-state index in [4.69, 9.17) is 9.47 Å². The van der Waals surface area contributed by atoms with Crippen LogP contribution in [0.15, 0.2) is 48.5 Å². The molecule has 1 N–H and O–H groups in total. The summed E-state index contributed by atoms with van der Waals surface area (Å²) < 4.78 is 10.9. The van der Waals surface area contributed by atoms with Gasteiger partial charge in [0.1, 0.15) is 11.5 Å². The Morgan fingerprint density at radius 2 is 1.96 bits per heavy atom. The number of benzene rings is 2. The SMILES string of the molecule is COc1ccc(C2C(CNC(=O)COc3cccc(C)c3)CCCN2C)cc1. The van der Waals surface area contributed by atoms with Crippen LogP contribution in [0, 0.1) is 12.8 Å². The van der Waals surface area contributed by atoms with Crippen LogP contribution in [0.5, 0.6) is 11.5 Å². The Morgan fingerprint density at radius 3 is 2.68 bits per heavy atom. The van der Waals surface area contributed by atoms with Gasteiger partial charge < -0.3 is 14.8 Å². The Morgan fingerprint density at radius 1 is 1.18 bits per heavy atom. The minimum atomic E-state index is -0.0804. The van der Waals surface area contributed by atoms with Crippen molar-refractivity contribution in [2.45, 2.75) is 25.8 Å². The molecule has 1 aliphatic heterocycles. The topological polar surface area (TPSA) is 50.8 Å². The van der Waals surface area contributed by atoms with E-state index >= 15 is 0 Å². The van der Waals surface area contributed by atoms with Crippen LogP contribution in [0.2, 0.25) is 0 Å². The molecule has 0 aromatic heterocycles. The number of hydrogen-bond acceptors (Lipinski definition) is 4. The molecule has 150 valence electrons. The highest BCUT2D eigenvalue weighted by molar-refractivity contribution is 5.77. The third kappa shape index (κ3) is 5.26. The van der Waals surface area contributed by atoms with Gasteiger partial charge in [-0.3, -0.25) is 9.69 Å². The molecule has 5 heteroatoms. The average Bonchev–Trinajstić information content (AvgIpc) is 2.71. The summed E-state index contributed by atoms with van der Waals surface area (Å²) >= 11 is 0. The van der Waals surface area contributed by atoms with Gasteiger partial charge in [-0.15, -0.1) is 0 Å². The van der Waals surface area contributed by atoms with Gasteiger partial charge in [0.05, 0.1) is 7.11 Å². The molecule has 1 heterocycles. The van der Waals surface area contributed by atoms with Gasteiger partial charge in [0.15, 0.2) is 6.61 Å². The van der Waals surface area contributed by atoms with Crippen LogP contribution < -0.4 is 14.8 Å². The number of hydrogen-bond donors (Lipinski definition) is 1. The molecule has 0 saturated carbocycles. The van der Waals surface area contributed by atoms with E-state index in [0.29, 0.717) is 12.5 Å². The van der Waals surface area contributed by atoms with Crippen molar-refractivity contribution in [1.29, 1.82) is 0 Å². The third-order valence-electron chi connectivity index (χ3n) is 5.39. The van der Waals surface area contributed by atoms with Crippen LogP contribution in [0.1, 0.15) is 30.0 Å². The van der Waals surface area contributed by atoms with Crippen LogP contribution in [0.3, 0.4) is 0 Å². The molecule has 1 fully saturated rings. The minimum Gasteiger partial charge on any atom is -0.497 e. The van der Waals surface area contributed by atoms with E-state index in [-0.39, 0.29) is 18.6 Å². The van der Waals surface area contributed by atoms with Gasteiger partial charge in [-0.25, -0.2) is 0 Å². The highest BCUT2D eigenvalue weighted by Crippen LogP contribution is 2.35. The number of methoxy groups -OCH3 is 1. The predicted octanol–water partition coefficient (Wildman–Crippen LogP) is 3.58. The van der Waals surface area contributed by atoms with E-state index < -0.39 is 0 Å². The zero-order valence-corrected chi connectivity index (χ0v) is 17.0. The van der Waals surface area contributed by atoms with Gasteiger partial charge in [0.25, 0.3) is 5.91 Å². The Kier molecular flexibility index (Phi) is 6.93. The number of aryl methyl sites for hydroxylation is 1. The number of carbonyl (C=O) groups is 1. The number of nitrogens with one attached hydrogen (secondary N) is 1. The van der Waals surface area contributed by atoms with Crippen molar-refractivity contribution in [2.75, 3.05) is 33.9 Å². The van der Waals surface area contributed by atoms with Crippen LogP contribution in [0.4, 0.5) is 0 Å². The normalized spacial score (nSPS) is 19.8. The lowest BCUT2D eigenvalue weighted by Gasteiger charge is -2.39. The van der Waals surface area contributed by atoms with Crippen molar-refractivity contribution in [2.24, 2.45) is 5.92 Å². The maximum atomic E-state index is 12.3. The molecule has 0 aliphatic carbocycles. The second-order valence-electron chi connectivity index (χ2n) is 7.51. The van der Waals surface area contributed by atoms with Crippen LogP contribution >= 0.6 is 0 Å². The maximum absolute atomic E-state index is 12.3. The second kappa shape index (κ2) is 9.60. The van der Waals surface area contributed by atoms with Gasteiger partial charge in [0.2, 0.25) is 0 Å². The first-order valence-electron chi connectivity index (χ1n) is 9.87. The lowest BCUT2D eigenvalue weighted by molar-refractivity contribution is -0.123. The molecule has 2 atom stereocenters. The number of ether oxygens (including phenoxy) is 2. The standard InChI is InChI=1S/C23H30N2O3/c1-17-6-4-8-21(14-17)28-16-22(26)24-15-19-7-5-13-25(2)23(19)18-9-11-20(27-3)12-10-18/h4,6,8-12,14,19,23H,5,7,13,15-16H2,1-3H3,(H,24,26). The molecule has 0 spiro atoms. The first kappa shape index (κ1) is 20.2. The van der Waals surface area contributed by atoms with Crippen molar-refractivity contribution in [1.82, 2.24) is 10.2 Å². The number of amides is 1. The molecule has 0 bridgehead atoms. The van der Waals surface area contributed by atoms with E-state index in [1.165, 1.54) is 5.56 Å². The number of nitrogens with zero attached hydrogens (tertiary/aromatic N) is 1. The fraction of sp³-hybridized carbons (Fsp3) is 0.435. The number of piperidine rings is 1. The second-order valence-corrected chi connectivity index (χ2v) is 7.51. The van der Waals surface area contributed by atoms with E-state index in [2.05, 4.69) is 29.4 Å². The Hall–Kier alpha value is -2.53. The van der Waals surface area contributed by atoms with Crippen LogP contribution in [0.25, 0.3) is 0 Å². The molecule has 1 amide bonds. The summed E-state index contributed by atoms with van der Waals surface area (Å²) in [6.07, 6.45) is 2.24. The molecule has 2 aromatic carbocycles. The van der Waals surface area contributed by atoms with Gasteiger partial charge in [-0.1, -0.05) is 24.3 Å². The first-order chi connectivity index (χ1) is 13.6. The van der Waals surface area contributed by atoms with Crippen LogP contribution in [-0.2, 0) is 4.79 Å². The smallest absolute Gasteiger partial charge is 0.257 e. The molecule has 5 nitrogen and oxygen atoms in total. The molecule has 1 aliphatic rings. The quantitative estimate of drug-likeness (QED) is 0.795. The monoisotopic (exact) mass is 382 g/mol. The lowest BCUT2D eigenvalue weighted by Crippen LogP contribution is -2.42. The summed E-state index contributed by atoms with van der Waals surface area (Å²) in [5, 5.41) is 3.06. The van der Waals surface area contributed by atoms with Crippen molar-refractivity contribution in [3.05, 3.63) is 59.7 Å². The third-order valence-corrected chi connectivity index (χ3v) is 5.39. The minimum absolute atomic E-state index is 0.0409. The summed E-state index contributed by atoms with van der Waals surface area (Å²) in [4.78, 5) is 14.7. The van der Waals surface area contributed by atoms with Crippen molar-refractivity contribution < 1.29 is 14.3 Å². The Balaban J connectivity index is 1.56. The fourth-order valence-corrected chi connectivity index (χ4v) is 3.95. The van der Waals surface area contributed by atoms with Crippen LogP contribution in [-0.4, -0.2) is 44.7 Å². The number of carbonyl (C=O) groups excluding carboxylic acids is 1. The summed E-state index contributed by atoms with van der Waals surface area (Å²) in [7, 11) is 3.84. The van der Waals surface area contributed by atoms with Crippen molar-refractivity contribution in [3.8, 4) is 11.5 Å². The summed E-state index contributed by atoms with van der Waals surface area (Å²) in [6, 6.07) is 16.3. The molecular weight excluding hydrogens is 352 g/mol. The fourth-order valence-electron chi connectivity index (χ4n) is 3.95. The molecule has 28 heavy (non-hydrogen) atoms. The van der Waals surface area contributed by atoms with Gasteiger partial charge in [-0.2, -0.15) is 0 Å². The molecule has 1 saturated heterocycles.